The Labute approximate surface area is 398 Å². The normalized spacial score (nSPS) is 20.4. The van der Waals surface area contributed by atoms with Crippen LogP contribution in [-0.2, 0) is 0 Å². The molecule has 4 aliphatic rings. The number of methoxy groups -OCH3 is 2. The van der Waals surface area contributed by atoms with Crippen molar-refractivity contribution in [2.75, 3.05) is 79.9 Å². The maximum Gasteiger partial charge on any atom is 0.126 e. The second kappa shape index (κ2) is 23.2. The molecule has 0 spiro atoms. The van der Waals surface area contributed by atoms with E-state index in [0.29, 0.717) is 13.2 Å². The molecule has 67 heavy (non-hydrogen) atoms. The molecule has 0 radical (unpaired) electrons. The number of hydrogen-bond acceptors (Lipinski definition) is 8. The lowest BCUT2D eigenvalue weighted by atomic mass is 9.76. The summed E-state index contributed by atoms with van der Waals surface area (Å²) in [5.74, 6) is 6.27. The summed E-state index contributed by atoms with van der Waals surface area (Å²) in [6.45, 7) is 9.84. The maximum atomic E-state index is 6.22. The second-order valence-electron chi connectivity index (χ2n) is 18.4. The third-order valence-corrected chi connectivity index (χ3v) is 14.1. The highest BCUT2D eigenvalue weighted by Crippen LogP contribution is 2.49. The van der Waals surface area contributed by atoms with Gasteiger partial charge in [-0.25, -0.2) is 0 Å². The van der Waals surface area contributed by atoms with Gasteiger partial charge in [0.2, 0.25) is 0 Å². The molecule has 2 saturated heterocycles. The summed E-state index contributed by atoms with van der Waals surface area (Å²) in [4.78, 5) is 5.08. The lowest BCUT2D eigenvalue weighted by Crippen LogP contribution is -2.33. The highest BCUT2D eigenvalue weighted by Gasteiger charge is 2.35. The predicted molar refractivity (Wildman–Crippen MR) is 268 cm³/mol. The van der Waals surface area contributed by atoms with E-state index in [1.54, 1.807) is 14.2 Å². The molecular formula is C59H68N2O6. The van der Waals surface area contributed by atoms with Gasteiger partial charge in [-0.2, -0.15) is 0 Å². The van der Waals surface area contributed by atoms with Gasteiger partial charge >= 0.3 is 0 Å². The quantitative estimate of drug-likeness (QED) is 0.0945. The van der Waals surface area contributed by atoms with E-state index in [1.807, 2.05) is 24.3 Å². The fraction of sp³-hybridized carbons (Fsp3) is 0.390. The third-order valence-electron chi connectivity index (χ3n) is 14.1. The van der Waals surface area contributed by atoms with Crippen molar-refractivity contribution in [1.29, 1.82) is 0 Å². The van der Waals surface area contributed by atoms with E-state index in [4.69, 9.17) is 28.4 Å². The van der Waals surface area contributed by atoms with Crippen LogP contribution < -0.4 is 28.4 Å². The number of likely N-dealkylation sites (tertiary alicyclic amines) is 2. The van der Waals surface area contributed by atoms with Crippen molar-refractivity contribution in [1.82, 2.24) is 9.80 Å². The Morgan fingerprint density at radius 2 is 0.851 bits per heavy atom. The van der Waals surface area contributed by atoms with Gasteiger partial charge in [-0.3, -0.25) is 4.90 Å². The summed E-state index contributed by atoms with van der Waals surface area (Å²) in [6.07, 6.45) is 9.14. The first-order chi connectivity index (χ1) is 33.1. The molecule has 350 valence electrons. The first kappa shape index (κ1) is 46.2. The van der Waals surface area contributed by atoms with Crippen LogP contribution in [-0.4, -0.2) is 89.7 Å². The van der Waals surface area contributed by atoms with Crippen LogP contribution in [0.4, 0.5) is 0 Å². The van der Waals surface area contributed by atoms with Crippen molar-refractivity contribution in [3.05, 3.63) is 179 Å². The largest absolute Gasteiger partial charge is 0.497 e. The molecule has 0 aromatic heterocycles. The van der Waals surface area contributed by atoms with Gasteiger partial charge in [0.1, 0.15) is 41.1 Å². The fourth-order valence-electron chi connectivity index (χ4n) is 10.5. The maximum absolute atomic E-state index is 6.22. The molecule has 0 bridgehead atoms. The van der Waals surface area contributed by atoms with Crippen molar-refractivity contribution in [3.8, 4) is 34.5 Å². The Bertz CT molecular complexity index is 2420. The highest BCUT2D eigenvalue weighted by molar-refractivity contribution is 5.53. The van der Waals surface area contributed by atoms with Crippen LogP contribution in [0.15, 0.2) is 146 Å². The van der Waals surface area contributed by atoms with Crippen LogP contribution >= 0.6 is 0 Å². The van der Waals surface area contributed by atoms with Crippen molar-refractivity contribution in [2.45, 2.75) is 68.6 Å². The van der Waals surface area contributed by atoms with E-state index >= 15 is 0 Å². The smallest absolute Gasteiger partial charge is 0.126 e. The number of ether oxygens (including phenoxy) is 6. The number of nitrogens with zero attached hydrogens (tertiary/aromatic N) is 2. The summed E-state index contributed by atoms with van der Waals surface area (Å²) in [7, 11) is 3.39. The third kappa shape index (κ3) is 11.8. The highest BCUT2D eigenvalue weighted by atomic mass is 16.5. The van der Waals surface area contributed by atoms with Crippen molar-refractivity contribution in [3.63, 3.8) is 0 Å². The average Bonchev–Trinajstić information content (AvgIpc) is 3.40. The molecule has 0 saturated carbocycles. The van der Waals surface area contributed by atoms with Crippen LogP contribution in [0.1, 0.15) is 102 Å². The molecule has 4 heterocycles. The number of benzene rings is 6. The fourth-order valence-corrected chi connectivity index (χ4v) is 10.5. The zero-order valence-corrected chi connectivity index (χ0v) is 39.5. The summed E-state index contributed by atoms with van der Waals surface area (Å²) in [6, 6.07) is 51.1. The monoisotopic (exact) mass is 901 g/mol. The summed E-state index contributed by atoms with van der Waals surface area (Å²) < 4.78 is 35.5. The zero-order chi connectivity index (χ0) is 45.6. The molecule has 0 unspecified atom stereocenters. The van der Waals surface area contributed by atoms with E-state index in [9.17, 15) is 0 Å². The van der Waals surface area contributed by atoms with Crippen molar-refractivity contribution < 1.29 is 28.4 Å². The van der Waals surface area contributed by atoms with Crippen LogP contribution in [0.2, 0.25) is 0 Å². The van der Waals surface area contributed by atoms with Crippen molar-refractivity contribution >= 4 is 0 Å². The van der Waals surface area contributed by atoms with Crippen LogP contribution in [0.5, 0.6) is 34.5 Å². The second-order valence-corrected chi connectivity index (χ2v) is 18.4. The number of rotatable bonds is 15. The van der Waals surface area contributed by atoms with Crippen LogP contribution in [0, 0.1) is 0 Å². The molecule has 0 aliphatic carbocycles. The topological polar surface area (TPSA) is 61.9 Å². The summed E-state index contributed by atoms with van der Waals surface area (Å²) in [5, 5.41) is 0. The number of hydrogen-bond donors (Lipinski definition) is 0. The molecule has 6 aromatic carbocycles. The lowest BCUT2D eigenvalue weighted by Gasteiger charge is -2.34. The number of piperidine rings is 2. The van der Waals surface area contributed by atoms with Gasteiger partial charge < -0.3 is 33.3 Å². The Hall–Kier alpha value is -5.96. The SMILES string of the molecule is COc1ccc2c(c1)OC[C@@H](c1ccccc1)[C@H]2c1ccc(OCCCN2CCCCC2)cc1.COc1ccc2c(c1)OC[C@@H](c1ccccc1)[C@H]2c1ccc(OCCN2CCCCC2)cc1. The number of fused-ring (bicyclic) bond motifs is 2. The Morgan fingerprint density at radius 1 is 0.433 bits per heavy atom. The molecular weight excluding hydrogens is 833 g/mol. The first-order valence-electron chi connectivity index (χ1n) is 24.7. The van der Waals surface area contributed by atoms with Crippen molar-refractivity contribution in [2.24, 2.45) is 0 Å². The minimum atomic E-state index is 0.212. The summed E-state index contributed by atoms with van der Waals surface area (Å²) >= 11 is 0. The zero-order valence-electron chi connectivity index (χ0n) is 39.5. The first-order valence-corrected chi connectivity index (χ1v) is 24.7. The van der Waals surface area contributed by atoms with Crippen LogP contribution in [0.3, 0.4) is 0 Å². The van der Waals surface area contributed by atoms with Gasteiger partial charge in [-0.1, -0.05) is 110 Å². The van der Waals surface area contributed by atoms with E-state index in [0.717, 1.165) is 67.2 Å². The molecule has 8 heteroatoms. The Kier molecular flexibility index (Phi) is 16.0. The lowest BCUT2D eigenvalue weighted by molar-refractivity contribution is 0.183. The van der Waals surface area contributed by atoms with Gasteiger partial charge in [-0.05, 0) is 117 Å². The van der Waals surface area contributed by atoms with E-state index in [2.05, 4.69) is 131 Å². The molecule has 4 aliphatic heterocycles. The van der Waals surface area contributed by atoms with Gasteiger partial charge in [0.25, 0.3) is 0 Å². The van der Waals surface area contributed by atoms with E-state index in [1.165, 1.54) is 98.1 Å². The Morgan fingerprint density at radius 3 is 1.30 bits per heavy atom. The Balaban J connectivity index is 0.000000168. The van der Waals surface area contributed by atoms with Gasteiger partial charge in [-0.15, -0.1) is 0 Å². The predicted octanol–water partition coefficient (Wildman–Crippen LogP) is 12.1. The van der Waals surface area contributed by atoms with Gasteiger partial charge in [0.15, 0.2) is 0 Å². The molecule has 8 nitrogen and oxygen atoms in total. The van der Waals surface area contributed by atoms with Gasteiger partial charge in [0, 0.05) is 60.0 Å². The van der Waals surface area contributed by atoms with E-state index < -0.39 is 0 Å². The molecule has 10 rings (SSSR count). The molecule has 4 atom stereocenters. The van der Waals surface area contributed by atoms with E-state index in [-0.39, 0.29) is 23.7 Å². The molecule has 0 N–H and O–H groups in total. The van der Waals surface area contributed by atoms with Crippen LogP contribution in [0.25, 0.3) is 0 Å². The summed E-state index contributed by atoms with van der Waals surface area (Å²) in [5.41, 5.74) is 7.56. The minimum absolute atomic E-state index is 0.212. The van der Waals surface area contributed by atoms with Gasteiger partial charge in [0.05, 0.1) is 34.0 Å². The molecule has 6 aromatic rings. The average molecular weight is 901 g/mol. The molecule has 2 fully saturated rings. The standard InChI is InChI=1S/C30H35NO3.C29H33NO3/c1-32-26-15-16-27-29(21-26)34-22-28(23-9-4-2-5-10-23)30(27)24-11-13-25(14-12-24)33-20-8-19-31-17-6-3-7-18-31;1-31-25-14-15-26-28(20-25)33-21-27(22-8-4-2-5-9-22)29(26)23-10-12-24(13-11-23)32-19-18-30-16-6-3-7-17-30/h2,4-5,9-16,21,28,30H,3,6-8,17-20,22H2,1H3;2,4-5,8-15,20,27,29H,3,6-7,16-19,21H2,1H3/t28-,30-;27-,29-/m00/s1. The molecule has 0 amide bonds. The minimum Gasteiger partial charge on any atom is -0.497 e.